The van der Waals surface area contributed by atoms with E-state index in [-0.39, 0.29) is 18.6 Å². The molecule has 2 nitrogen and oxygen atoms in total. The van der Waals surface area contributed by atoms with Crippen molar-refractivity contribution in [2.75, 3.05) is 6.61 Å². The standard InChI is InChI=1S/C10H11F4NO/c11-8-2-1-6(9(15)3-4-16)5-7(8)10(12,13)14/h1-2,5,9,16H,3-4,15H2/t9-/m0/s1. The first-order chi connectivity index (χ1) is 7.36. The molecule has 0 radical (unpaired) electrons. The molecule has 0 spiro atoms. The normalized spacial score (nSPS) is 13.9. The molecule has 1 aromatic rings. The Balaban J connectivity index is 3.07. The number of aliphatic hydroxyl groups is 1. The maximum absolute atomic E-state index is 12.9. The van der Waals surface area contributed by atoms with Gasteiger partial charge in [-0.15, -0.1) is 0 Å². The summed E-state index contributed by atoms with van der Waals surface area (Å²) in [5.41, 5.74) is 4.34. The van der Waals surface area contributed by atoms with Crippen LogP contribution in [-0.2, 0) is 6.18 Å². The van der Waals surface area contributed by atoms with Crippen LogP contribution in [-0.4, -0.2) is 11.7 Å². The van der Waals surface area contributed by atoms with Gasteiger partial charge < -0.3 is 10.8 Å². The maximum Gasteiger partial charge on any atom is 0.419 e. The molecule has 0 bridgehead atoms. The average molecular weight is 237 g/mol. The highest BCUT2D eigenvalue weighted by Gasteiger charge is 2.34. The summed E-state index contributed by atoms with van der Waals surface area (Å²) in [5, 5.41) is 8.61. The first-order valence-electron chi connectivity index (χ1n) is 4.59. The van der Waals surface area contributed by atoms with Crippen LogP contribution in [0.15, 0.2) is 18.2 Å². The van der Waals surface area contributed by atoms with Crippen LogP contribution in [0.2, 0.25) is 0 Å². The Morgan fingerprint density at radius 2 is 1.94 bits per heavy atom. The Morgan fingerprint density at radius 3 is 2.44 bits per heavy atom. The van der Waals surface area contributed by atoms with Crippen LogP contribution in [0.5, 0.6) is 0 Å². The molecule has 0 aliphatic carbocycles. The van der Waals surface area contributed by atoms with Gasteiger partial charge in [-0.2, -0.15) is 13.2 Å². The molecule has 16 heavy (non-hydrogen) atoms. The van der Waals surface area contributed by atoms with E-state index in [9.17, 15) is 17.6 Å². The van der Waals surface area contributed by atoms with Gasteiger partial charge >= 0.3 is 6.18 Å². The molecular weight excluding hydrogens is 226 g/mol. The van der Waals surface area contributed by atoms with Crippen LogP contribution >= 0.6 is 0 Å². The Labute approximate surface area is 89.7 Å². The quantitative estimate of drug-likeness (QED) is 0.792. The van der Waals surface area contributed by atoms with Crippen molar-refractivity contribution in [3.05, 3.63) is 35.1 Å². The summed E-state index contributed by atoms with van der Waals surface area (Å²) in [6, 6.07) is 1.86. The van der Waals surface area contributed by atoms with Gasteiger partial charge in [-0.1, -0.05) is 6.07 Å². The fourth-order valence-electron chi connectivity index (χ4n) is 1.30. The van der Waals surface area contributed by atoms with Crippen LogP contribution in [0, 0.1) is 5.82 Å². The SMILES string of the molecule is N[C@@H](CCO)c1ccc(F)c(C(F)(F)F)c1. The lowest BCUT2D eigenvalue weighted by atomic mass is 10.0. The van der Waals surface area contributed by atoms with E-state index in [1.54, 1.807) is 0 Å². The first kappa shape index (κ1) is 12.9. The zero-order chi connectivity index (χ0) is 12.3. The van der Waals surface area contributed by atoms with Crippen molar-refractivity contribution in [2.24, 2.45) is 5.73 Å². The summed E-state index contributed by atoms with van der Waals surface area (Å²) in [5.74, 6) is -1.33. The van der Waals surface area contributed by atoms with Gasteiger partial charge in [0.05, 0.1) is 5.56 Å². The van der Waals surface area contributed by atoms with Crippen molar-refractivity contribution in [1.29, 1.82) is 0 Å². The van der Waals surface area contributed by atoms with Crippen molar-refractivity contribution < 1.29 is 22.7 Å². The second kappa shape index (κ2) is 4.80. The Morgan fingerprint density at radius 1 is 1.31 bits per heavy atom. The second-order valence-electron chi connectivity index (χ2n) is 3.36. The average Bonchev–Trinajstić information content (AvgIpc) is 2.16. The lowest BCUT2D eigenvalue weighted by Gasteiger charge is -2.14. The molecular formula is C10H11F4NO. The van der Waals surface area contributed by atoms with Crippen molar-refractivity contribution in [2.45, 2.75) is 18.6 Å². The highest BCUT2D eigenvalue weighted by Crippen LogP contribution is 2.33. The molecule has 0 saturated heterocycles. The van der Waals surface area contributed by atoms with Gasteiger partial charge in [0.2, 0.25) is 0 Å². The molecule has 0 saturated carbocycles. The highest BCUT2D eigenvalue weighted by molar-refractivity contribution is 5.29. The molecule has 3 N–H and O–H groups in total. The number of alkyl halides is 3. The van der Waals surface area contributed by atoms with E-state index in [0.29, 0.717) is 6.07 Å². The predicted octanol–water partition coefficient (Wildman–Crippen LogP) is 2.23. The molecule has 1 atom stereocenters. The minimum Gasteiger partial charge on any atom is -0.396 e. The molecule has 0 heterocycles. The highest BCUT2D eigenvalue weighted by atomic mass is 19.4. The van der Waals surface area contributed by atoms with Crippen LogP contribution < -0.4 is 5.73 Å². The van der Waals surface area contributed by atoms with E-state index in [2.05, 4.69) is 0 Å². The van der Waals surface area contributed by atoms with Crippen LogP contribution in [0.4, 0.5) is 17.6 Å². The number of hydrogen-bond donors (Lipinski definition) is 2. The summed E-state index contributed by atoms with van der Waals surface area (Å²) in [4.78, 5) is 0. The van der Waals surface area contributed by atoms with Crippen LogP contribution in [0.1, 0.15) is 23.6 Å². The number of nitrogens with two attached hydrogens (primary N) is 1. The number of aliphatic hydroxyl groups excluding tert-OH is 1. The zero-order valence-corrected chi connectivity index (χ0v) is 8.26. The minimum atomic E-state index is -4.74. The van der Waals surface area contributed by atoms with E-state index in [1.165, 1.54) is 6.07 Å². The summed E-state index contributed by atoms with van der Waals surface area (Å²) in [6.07, 6.45) is -4.61. The summed E-state index contributed by atoms with van der Waals surface area (Å²) in [6.45, 7) is -0.236. The number of hydrogen-bond acceptors (Lipinski definition) is 2. The topological polar surface area (TPSA) is 46.2 Å². The van der Waals surface area contributed by atoms with Crippen molar-refractivity contribution in [3.63, 3.8) is 0 Å². The van der Waals surface area contributed by atoms with Gasteiger partial charge in [0.15, 0.2) is 0 Å². The smallest absolute Gasteiger partial charge is 0.396 e. The van der Waals surface area contributed by atoms with E-state index in [1.807, 2.05) is 0 Å². The monoisotopic (exact) mass is 237 g/mol. The summed E-state index contributed by atoms with van der Waals surface area (Å²) in [7, 11) is 0. The van der Waals surface area contributed by atoms with Gasteiger partial charge in [-0.25, -0.2) is 4.39 Å². The number of rotatable bonds is 3. The molecule has 1 rings (SSSR count). The largest absolute Gasteiger partial charge is 0.419 e. The fourth-order valence-corrected chi connectivity index (χ4v) is 1.30. The third kappa shape index (κ3) is 2.93. The van der Waals surface area contributed by atoms with E-state index in [4.69, 9.17) is 10.8 Å². The molecule has 0 amide bonds. The van der Waals surface area contributed by atoms with Crippen molar-refractivity contribution in [3.8, 4) is 0 Å². The Bertz CT molecular complexity index is 364. The Hall–Kier alpha value is -1.14. The zero-order valence-electron chi connectivity index (χ0n) is 8.26. The van der Waals surface area contributed by atoms with Crippen molar-refractivity contribution >= 4 is 0 Å². The molecule has 6 heteroatoms. The number of benzene rings is 1. The van der Waals surface area contributed by atoms with Crippen molar-refractivity contribution in [1.82, 2.24) is 0 Å². The van der Waals surface area contributed by atoms with E-state index in [0.717, 1.165) is 6.07 Å². The molecule has 0 aromatic heterocycles. The molecule has 1 aromatic carbocycles. The number of halogens is 4. The maximum atomic E-state index is 12.9. The van der Waals surface area contributed by atoms with Crippen LogP contribution in [0.3, 0.4) is 0 Å². The van der Waals surface area contributed by atoms with Gasteiger partial charge in [-0.05, 0) is 24.1 Å². The van der Waals surface area contributed by atoms with E-state index < -0.39 is 23.6 Å². The summed E-state index contributed by atoms with van der Waals surface area (Å²) < 4.78 is 49.9. The fraction of sp³-hybridized carbons (Fsp3) is 0.400. The van der Waals surface area contributed by atoms with Gasteiger partial charge in [0.25, 0.3) is 0 Å². The van der Waals surface area contributed by atoms with E-state index >= 15 is 0 Å². The van der Waals surface area contributed by atoms with Crippen LogP contribution in [0.25, 0.3) is 0 Å². The van der Waals surface area contributed by atoms with Gasteiger partial charge in [-0.3, -0.25) is 0 Å². The van der Waals surface area contributed by atoms with Gasteiger partial charge in [0.1, 0.15) is 5.82 Å². The summed E-state index contributed by atoms with van der Waals surface area (Å²) >= 11 is 0. The minimum absolute atomic E-state index is 0.128. The molecule has 0 aliphatic rings. The third-order valence-corrected chi connectivity index (χ3v) is 2.16. The lowest BCUT2D eigenvalue weighted by Crippen LogP contribution is -2.15. The predicted molar refractivity (Wildman–Crippen MR) is 50.0 cm³/mol. The molecule has 0 unspecified atom stereocenters. The molecule has 0 aliphatic heterocycles. The lowest BCUT2D eigenvalue weighted by molar-refractivity contribution is -0.140. The first-order valence-corrected chi connectivity index (χ1v) is 4.59. The molecule has 0 fully saturated rings. The third-order valence-electron chi connectivity index (χ3n) is 2.16. The Kier molecular flexibility index (Phi) is 3.88. The molecule has 90 valence electrons. The second-order valence-corrected chi connectivity index (χ2v) is 3.36. The van der Waals surface area contributed by atoms with Gasteiger partial charge in [0, 0.05) is 12.6 Å².